The van der Waals surface area contributed by atoms with E-state index in [1.807, 2.05) is 100 Å². The number of rotatable bonds is 7. The van der Waals surface area contributed by atoms with Crippen LogP contribution in [0.5, 0.6) is 0 Å². The van der Waals surface area contributed by atoms with Gasteiger partial charge in [0.15, 0.2) is 0 Å². The van der Waals surface area contributed by atoms with Crippen LogP contribution in [0.15, 0.2) is 162 Å². The van der Waals surface area contributed by atoms with Crippen molar-refractivity contribution in [2.45, 2.75) is 104 Å². The molecular weight excluding hydrogens is 1060 g/mol. The predicted octanol–water partition coefficient (Wildman–Crippen LogP) is 17.0. The molecule has 0 atom stereocenters. The molecule has 1 saturated heterocycles. The van der Waals surface area contributed by atoms with Gasteiger partial charge in [-0.25, -0.2) is 0 Å². The van der Waals surface area contributed by atoms with Crippen LogP contribution in [0.3, 0.4) is 0 Å². The molecule has 1 fully saturated rings. The molecule has 0 bridgehead atoms. The number of hydrogen-bond donors (Lipinski definition) is 0. The van der Waals surface area contributed by atoms with Gasteiger partial charge in [-0.05, 0) is 69.6 Å². The maximum absolute atomic E-state index is 8.80. The number of hydrogen-bond acceptors (Lipinski definition) is 3. The minimum absolute atomic E-state index is 0. The molecule has 11 aromatic rings. The maximum Gasteiger partial charge on any atom is 0.128 e. The van der Waals surface area contributed by atoms with E-state index in [1.165, 1.54) is 48.0 Å². The topological polar surface area (TPSA) is 48.8 Å². The Balaban J connectivity index is 0.000000178. The number of aromatic nitrogens is 4. The van der Waals surface area contributed by atoms with Gasteiger partial charge < -0.3 is 13.6 Å². The number of fused-ring (bicyclic) bond motifs is 7. The largest absolute Gasteiger partial charge is 0.500 e. The molecule has 1 aliphatic rings. The van der Waals surface area contributed by atoms with Gasteiger partial charge in [0, 0.05) is 45.0 Å². The summed E-state index contributed by atoms with van der Waals surface area (Å²) in [6, 6.07) is 64.2. The minimum atomic E-state index is -1.49. The van der Waals surface area contributed by atoms with Crippen LogP contribution in [0.1, 0.15) is 98.9 Å². The van der Waals surface area contributed by atoms with Gasteiger partial charge >= 0.3 is 0 Å². The van der Waals surface area contributed by atoms with Crippen LogP contribution in [0.4, 0.5) is 0 Å². The van der Waals surface area contributed by atoms with E-state index in [1.54, 1.807) is 5.19 Å². The molecule has 0 unspecified atom stereocenters. The summed E-state index contributed by atoms with van der Waals surface area (Å²) in [5.74, 6) is -0.0252. The van der Waals surface area contributed by atoms with Crippen molar-refractivity contribution >= 4 is 68.0 Å². The first-order chi connectivity index (χ1) is 34.5. The zero-order valence-corrected chi connectivity index (χ0v) is 45.5. The monoisotopic (exact) mass is 1130 g/mol. The van der Waals surface area contributed by atoms with Crippen molar-refractivity contribution in [1.29, 1.82) is 0 Å². The summed E-state index contributed by atoms with van der Waals surface area (Å²) in [5.41, 5.74) is 12.6. The average Bonchev–Trinajstić information content (AvgIpc) is 4.08. The van der Waals surface area contributed by atoms with Gasteiger partial charge in [0.25, 0.3) is 0 Å². The van der Waals surface area contributed by atoms with Crippen molar-refractivity contribution in [2.75, 3.05) is 0 Å². The maximum atomic E-state index is 8.80. The Bertz CT molecular complexity index is 3790. The van der Waals surface area contributed by atoms with Gasteiger partial charge in [0.1, 0.15) is 5.58 Å². The summed E-state index contributed by atoms with van der Waals surface area (Å²) >= 11 is 0. The second-order valence-corrected chi connectivity index (χ2v) is 25.7. The molecule has 0 aliphatic carbocycles. The summed E-state index contributed by atoms with van der Waals surface area (Å²) < 4.78 is 28.8. The van der Waals surface area contributed by atoms with E-state index in [0.29, 0.717) is 0 Å². The van der Waals surface area contributed by atoms with E-state index < -0.39 is 19.9 Å². The summed E-state index contributed by atoms with van der Waals surface area (Å²) in [7, 11) is -1.49. The van der Waals surface area contributed by atoms with Crippen LogP contribution < -0.4 is 5.19 Å². The van der Waals surface area contributed by atoms with Gasteiger partial charge in [-0.2, -0.15) is 0 Å². The second kappa shape index (κ2) is 19.3. The third-order valence-corrected chi connectivity index (χ3v) is 19.3. The Labute approximate surface area is 436 Å². The van der Waals surface area contributed by atoms with Gasteiger partial charge in [0.2, 0.25) is 0 Å². The van der Waals surface area contributed by atoms with Crippen molar-refractivity contribution in [2.24, 2.45) is 0 Å². The molecule has 359 valence electrons. The van der Waals surface area contributed by atoms with Crippen LogP contribution in [-0.4, -0.2) is 27.2 Å². The van der Waals surface area contributed by atoms with E-state index in [4.69, 9.17) is 17.1 Å². The third-order valence-electron chi connectivity index (χ3n) is 14.7. The summed E-state index contributed by atoms with van der Waals surface area (Å²) in [5, 5.41) is 6.12. The number of para-hydroxylation sites is 5. The molecule has 0 spiro atoms. The summed E-state index contributed by atoms with van der Waals surface area (Å²) in [6.07, 6.45) is 4.13. The van der Waals surface area contributed by atoms with Crippen LogP contribution in [0.25, 0.3) is 88.9 Å². The van der Waals surface area contributed by atoms with E-state index >= 15 is 0 Å². The van der Waals surface area contributed by atoms with E-state index in [-0.39, 0.29) is 25.5 Å². The third kappa shape index (κ3) is 8.70. The Morgan fingerprint density at radius 3 is 1.92 bits per heavy atom. The predicted molar refractivity (Wildman–Crippen MR) is 297 cm³/mol. The normalized spacial score (nSPS) is 14.6. The number of imidazole rings is 2. The average molecular weight is 1130 g/mol. The molecule has 71 heavy (non-hydrogen) atoms. The molecule has 0 N–H and O–H groups in total. The van der Waals surface area contributed by atoms with Crippen molar-refractivity contribution < 1.29 is 27.3 Å². The molecule has 1 aliphatic heterocycles. The Kier molecular flexibility index (Phi) is 12.5. The van der Waals surface area contributed by atoms with E-state index in [2.05, 4.69) is 134 Å². The first-order valence-corrected chi connectivity index (χ1v) is 27.9. The smallest absolute Gasteiger partial charge is 0.128 e. The zero-order chi connectivity index (χ0) is 50.2. The van der Waals surface area contributed by atoms with Gasteiger partial charge in [0.05, 0.1) is 47.4 Å². The molecule has 5 nitrogen and oxygen atoms in total. The molecule has 7 heteroatoms. The fourth-order valence-electron chi connectivity index (χ4n) is 11.0. The van der Waals surface area contributed by atoms with Gasteiger partial charge in [-0.3, -0.25) is 9.97 Å². The molecule has 0 amide bonds. The summed E-state index contributed by atoms with van der Waals surface area (Å²) in [6.45, 7) is 17.2. The van der Waals surface area contributed by atoms with E-state index in [9.17, 15) is 0 Å². The van der Waals surface area contributed by atoms with Crippen molar-refractivity contribution in [3.05, 3.63) is 187 Å². The zero-order valence-electron chi connectivity index (χ0n) is 44.1. The van der Waals surface area contributed by atoms with Gasteiger partial charge in [-0.15, -0.1) is 54.1 Å². The Morgan fingerprint density at radius 1 is 0.606 bits per heavy atom. The van der Waals surface area contributed by atoms with Crippen LogP contribution in [0, 0.1) is 12.1 Å². The van der Waals surface area contributed by atoms with Crippen molar-refractivity contribution in [1.82, 2.24) is 19.1 Å². The quantitative estimate of drug-likeness (QED) is 0.118. The van der Waals surface area contributed by atoms with E-state index in [0.717, 1.165) is 89.0 Å². The number of benzene rings is 8. The minimum Gasteiger partial charge on any atom is -0.500 e. The standard InChI is InChI=1S/C39H37N2OSi.C25H25N2.Ir/c1-39(2,3)32-25-27(43(4)23-10-5-11-24-43)20-22-34(32)41-35-18-9-8-17-33(35)40-38(41)31-16-12-15-29-30-21-19-26-13-6-7-14-28(26)36(30)42-37(29)31;1-17(2)20-13-10-14-21(18(3)4)24(20)27-23-16-9-8-15-22(23)26-25(27)19-11-6-5-7-12-19;/h6-9,12-15,17-22,25H,5,10-11,23-24H2,1-4H3;5-11,13-18H,1-4H3;/q2*-1;/i;17D,18D;. The fourth-order valence-corrected chi connectivity index (χ4v) is 14.8. The van der Waals surface area contributed by atoms with Crippen molar-refractivity contribution in [3.63, 3.8) is 0 Å². The Morgan fingerprint density at radius 2 is 1.24 bits per heavy atom. The molecule has 1 radical (unpaired) electrons. The van der Waals surface area contributed by atoms with Crippen LogP contribution in [0.2, 0.25) is 18.6 Å². The summed E-state index contributed by atoms with van der Waals surface area (Å²) in [4.78, 5) is 10.2. The molecule has 8 aromatic carbocycles. The van der Waals surface area contributed by atoms with Crippen molar-refractivity contribution in [3.8, 4) is 34.2 Å². The number of nitrogens with zero attached hydrogens (tertiary/aromatic N) is 4. The number of furan rings is 1. The molecule has 12 rings (SSSR count). The SMILES string of the molecule is CC(C)(C)c1cc([Si]2(C)CCCCC2)ccc1-n1c(-c2[c-]ccc3c2oc2c4ccccc4ccc32)nc2ccccc21.[2H]C(C)(C)c1cccc(C([2H])(C)C)c1-n1c(-c2[c-]cccc2)nc2ccccc21.[Ir]. The van der Waals surface area contributed by atoms with Crippen LogP contribution in [-0.2, 0) is 25.5 Å². The van der Waals surface area contributed by atoms with Gasteiger partial charge in [-0.1, -0.05) is 193 Å². The second-order valence-electron chi connectivity index (χ2n) is 21.0. The molecule has 4 heterocycles. The van der Waals surface area contributed by atoms with Crippen LogP contribution >= 0.6 is 0 Å². The Hall–Kier alpha value is -6.37. The molecule has 0 saturated carbocycles. The fraction of sp³-hybridized carbons (Fsp3) is 0.250. The molecule has 3 aromatic heterocycles. The molecular formula is C64H62IrN4OSi-2. The first-order valence-electron chi connectivity index (χ1n) is 26.0. The first kappa shape index (κ1) is 45.7.